The lowest BCUT2D eigenvalue weighted by Gasteiger charge is -2.23. The first-order chi connectivity index (χ1) is 8.61. The lowest BCUT2D eigenvalue weighted by atomic mass is 9.88. The van der Waals surface area contributed by atoms with E-state index in [1.54, 1.807) is 12.1 Å². The molecule has 3 atom stereocenters. The molecule has 100 valence electrons. The van der Waals surface area contributed by atoms with Crippen molar-refractivity contribution in [3.05, 3.63) is 34.6 Å². The number of nitrogens with two attached hydrogens (primary N) is 1. The lowest BCUT2D eigenvalue weighted by molar-refractivity contribution is 0.0813. The van der Waals surface area contributed by atoms with Crippen LogP contribution in [0.5, 0.6) is 0 Å². The molecule has 1 fully saturated rings. The number of rotatable bonds is 4. The zero-order valence-electron chi connectivity index (χ0n) is 10.5. The van der Waals surface area contributed by atoms with Crippen molar-refractivity contribution < 1.29 is 9.13 Å². The maximum Gasteiger partial charge on any atom is 0.127 e. The summed E-state index contributed by atoms with van der Waals surface area (Å²) in [6.45, 7) is 2.86. The highest BCUT2D eigenvalue weighted by atomic mass is 35.5. The van der Waals surface area contributed by atoms with Crippen molar-refractivity contribution >= 4 is 11.6 Å². The van der Waals surface area contributed by atoms with Crippen molar-refractivity contribution in [2.45, 2.75) is 38.3 Å². The predicted octanol–water partition coefficient (Wildman–Crippen LogP) is 3.16. The van der Waals surface area contributed by atoms with E-state index in [1.165, 1.54) is 6.07 Å². The summed E-state index contributed by atoms with van der Waals surface area (Å²) in [5.41, 5.74) is 6.84. The third kappa shape index (κ3) is 3.02. The van der Waals surface area contributed by atoms with Crippen molar-refractivity contribution in [2.24, 2.45) is 11.7 Å². The molecule has 0 aliphatic carbocycles. The van der Waals surface area contributed by atoms with Gasteiger partial charge in [0.2, 0.25) is 0 Å². The van der Waals surface area contributed by atoms with Crippen molar-refractivity contribution in [1.82, 2.24) is 0 Å². The molecule has 1 aromatic rings. The van der Waals surface area contributed by atoms with E-state index in [-0.39, 0.29) is 18.0 Å². The summed E-state index contributed by atoms with van der Waals surface area (Å²) in [6.07, 6.45) is 2.68. The molecule has 0 aromatic heterocycles. The average Bonchev–Trinajstić information content (AvgIpc) is 2.81. The summed E-state index contributed by atoms with van der Waals surface area (Å²) in [7, 11) is 0. The molecule has 2 N–H and O–H groups in total. The first kappa shape index (κ1) is 13.8. The topological polar surface area (TPSA) is 35.2 Å². The maximum atomic E-state index is 13.7. The fraction of sp³-hybridized carbons (Fsp3) is 0.571. The first-order valence-electron chi connectivity index (χ1n) is 6.43. The Morgan fingerprint density at radius 2 is 2.33 bits per heavy atom. The average molecular weight is 272 g/mol. The van der Waals surface area contributed by atoms with Crippen molar-refractivity contribution in [2.75, 3.05) is 6.61 Å². The lowest BCUT2D eigenvalue weighted by Crippen LogP contribution is -2.37. The molecule has 1 aliphatic heterocycles. The smallest absolute Gasteiger partial charge is 0.127 e. The van der Waals surface area contributed by atoms with Gasteiger partial charge in [-0.25, -0.2) is 4.39 Å². The first-order valence-corrected chi connectivity index (χ1v) is 6.80. The van der Waals surface area contributed by atoms with Gasteiger partial charge in [-0.05, 0) is 37.0 Å². The van der Waals surface area contributed by atoms with Crippen LogP contribution in [0, 0.1) is 11.7 Å². The SMILES string of the molecule is CCC1OCCC1C(N)Cc1ccc(Cl)cc1F. The van der Waals surface area contributed by atoms with E-state index in [4.69, 9.17) is 22.1 Å². The van der Waals surface area contributed by atoms with Gasteiger partial charge in [0.05, 0.1) is 6.10 Å². The monoisotopic (exact) mass is 271 g/mol. The largest absolute Gasteiger partial charge is 0.378 e. The Labute approximate surface area is 112 Å². The highest BCUT2D eigenvalue weighted by Gasteiger charge is 2.31. The normalized spacial score (nSPS) is 25.3. The molecule has 4 heteroatoms. The highest BCUT2D eigenvalue weighted by molar-refractivity contribution is 6.30. The second kappa shape index (κ2) is 6.00. The molecule has 3 unspecified atom stereocenters. The molecule has 18 heavy (non-hydrogen) atoms. The Hall–Kier alpha value is -0.640. The summed E-state index contributed by atoms with van der Waals surface area (Å²) in [6, 6.07) is 4.70. The summed E-state index contributed by atoms with van der Waals surface area (Å²) in [5.74, 6) is 0.0509. The maximum absolute atomic E-state index is 13.7. The molecule has 2 nitrogen and oxygen atoms in total. The van der Waals surface area contributed by atoms with E-state index in [0.717, 1.165) is 19.4 Å². The quantitative estimate of drug-likeness (QED) is 0.913. The van der Waals surface area contributed by atoms with E-state index in [0.29, 0.717) is 22.9 Å². The molecule has 1 aliphatic rings. The van der Waals surface area contributed by atoms with Crippen LogP contribution >= 0.6 is 11.6 Å². The van der Waals surface area contributed by atoms with Gasteiger partial charge < -0.3 is 10.5 Å². The zero-order valence-corrected chi connectivity index (χ0v) is 11.3. The van der Waals surface area contributed by atoms with Crippen LogP contribution in [0.15, 0.2) is 18.2 Å². The number of benzene rings is 1. The molecule has 0 radical (unpaired) electrons. The van der Waals surface area contributed by atoms with E-state index in [9.17, 15) is 4.39 Å². The van der Waals surface area contributed by atoms with E-state index >= 15 is 0 Å². The van der Waals surface area contributed by atoms with Gasteiger partial charge in [0, 0.05) is 23.6 Å². The summed E-state index contributed by atoms with van der Waals surface area (Å²) < 4.78 is 19.3. The van der Waals surface area contributed by atoms with E-state index < -0.39 is 0 Å². The van der Waals surface area contributed by atoms with Gasteiger partial charge in [0.1, 0.15) is 5.82 Å². The van der Waals surface area contributed by atoms with Gasteiger partial charge in [0.15, 0.2) is 0 Å². The van der Waals surface area contributed by atoms with Crippen LogP contribution < -0.4 is 5.73 Å². The number of hydrogen-bond donors (Lipinski definition) is 1. The summed E-state index contributed by atoms with van der Waals surface area (Å²) >= 11 is 5.73. The fourth-order valence-electron chi connectivity index (χ4n) is 2.67. The standard InChI is InChI=1S/C14H19ClFNO/c1-2-14-11(5-6-18-14)13(17)7-9-3-4-10(15)8-12(9)16/h3-4,8,11,13-14H,2,5-7,17H2,1H3. The van der Waals surface area contributed by atoms with Gasteiger partial charge in [-0.3, -0.25) is 0 Å². The predicted molar refractivity (Wildman–Crippen MR) is 71.2 cm³/mol. The van der Waals surface area contributed by atoms with Gasteiger partial charge in [0.25, 0.3) is 0 Å². The van der Waals surface area contributed by atoms with Crippen LogP contribution in [0.4, 0.5) is 4.39 Å². The van der Waals surface area contributed by atoms with Gasteiger partial charge >= 0.3 is 0 Å². The minimum atomic E-state index is -0.273. The van der Waals surface area contributed by atoms with Gasteiger partial charge in [-0.15, -0.1) is 0 Å². The molecule has 0 amide bonds. The van der Waals surface area contributed by atoms with E-state index in [2.05, 4.69) is 6.92 Å². The molecule has 0 spiro atoms. The molecule has 1 aromatic carbocycles. The second-order valence-corrected chi connectivity index (χ2v) is 5.31. The van der Waals surface area contributed by atoms with Crippen LogP contribution in [0.3, 0.4) is 0 Å². The van der Waals surface area contributed by atoms with Crippen molar-refractivity contribution in [3.63, 3.8) is 0 Å². The van der Waals surface area contributed by atoms with Crippen LogP contribution in [0.1, 0.15) is 25.3 Å². The third-order valence-corrected chi connectivity index (χ3v) is 3.92. The van der Waals surface area contributed by atoms with Crippen molar-refractivity contribution in [1.29, 1.82) is 0 Å². The summed E-state index contributed by atoms with van der Waals surface area (Å²) in [5, 5.41) is 0.417. The van der Waals surface area contributed by atoms with E-state index in [1.807, 2.05) is 0 Å². The third-order valence-electron chi connectivity index (χ3n) is 3.68. The Kier molecular flexibility index (Phi) is 4.60. The fourth-order valence-corrected chi connectivity index (χ4v) is 2.83. The highest BCUT2D eigenvalue weighted by Crippen LogP contribution is 2.28. The molecule has 2 rings (SSSR count). The Balaban J connectivity index is 2.04. The van der Waals surface area contributed by atoms with Gasteiger partial charge in [-0.2, -0.15) is 0 Å². The molecule has 0 saturated carbocycles. The van der Waals surface area contributed by atoms with Crippen LogP contribution in [0.2, 0.25) is 5.02 Å². The van der Waals surface area contributed by atoms with Crippen LogP contribution in [-0.2, 0) is 11.2 Å². The number of ether oxygens (including phenoxy) is 1. The second-order valence-electron chi connectivity index (χ2n) is 4.87. The Bertz CT molecular complexity index is 413. The Morgan fingerprint density at radius 1 is 1.56 bits per heavy atom. The summed E-state index contributed by atoms with van der Waals surface area (Å²) in [4.78, 5) is 0. The Morgan fingerprint density at radius 3 is 3.00 bits per heavy atom. The molecular weight excluding hydrogens is 253 g/mol. The minimum absolute atomic E-state index is 0.0619. The molecule has 1 heterocycles. The number of hydrogen-bond acceptors (Lipinski definition) is 2. The van der Waals surface area contributed by atoms with Crippen LogP contribution in [-0.4, -0.2) is 18.8 Å². The van der Waals surface area contributed by atoms with Crippen LogP contribution in [0.25, 0.3) is 0 Å². The molecule has 1 saturated heterocycles. The minimum Gasteiger partial charge on any atom is -0.378 e. The zero-order chi connectivity index (χ0) is 13.1. The van der Waals surface area contributed by atoms with Crippen molar-refractivity contribution in [3.8, 4) is 0 Å². The molecular formula is C14H19ClFNO. The molecule has 0 bridgehead atoms. The van der Waals surface area contributed by atoms with Gasteiger partial charge in [-0.1, -0.05) is 24.6 Å². The number of halogens is 2.